The zero-order chi connectivity index (χ0) is 16.4. The van der Waals surface area contributed by atoms with Crippen molar-refractivity contribution >= 4 is 18.5 Å². The Hall–Kier alpha value is -1.77. The van der Waals surface area contributed by atoms with Gasteiger partial charge in [0.15, 0.2) is 0 Å². The van der Waals surface area contributed by atoms with Crippen molar-refractivity contribution in [2.45, 2.75) is 45.3 Å². The molecule has 2 saturated heterocycles. The van der Waals surface area contributed by atoms with E-state index in [0.717, 1.165) is 30.4 Å². The number of amides is 1. The molecular formula is C18H22BNO3. The first-order chi connectivity index (χ1) is 11.0. The lowest BCUT2D eigenvalue weighted by Gasteiger charge is -2.23. The summed E-state index contributed by atoms with van der Waals surface area (Å²) in [5.41, 5.74) is 1.88. The molecule has 0 N–H and O–H groups in total. The van der Waals surface area contributed by atoms with Crippen LogP contribution in [0.1, 0.15) is 45.2 Å². The number of carbonyl (C=O) groups is 1. The molecule has 0 radical (unpaired) electrons. The van der Waals surface area contributed by atoms with Crippen molar-refractivity contribution in [2.75, 3.05) is 13.2 Å². The summed E-state index contributed by atoms with van der Waals surface area (Å²) in [7, 11) is -0.328. The average Bonchev–Trinajstić information content (AvgIpc) is 3.14. The monoisotopic (exact) mass is 311 g/mol. The zero-order valence-corrected chi connectivity index (χ0v) is 14.0. The maximum atomic E-state index is 12.2. The molecule has 2 aliphatic rings. The molecule has 5 heteroatoms. The van der Waals surface area contributed by atoms with E-state index in [9.17, 15) is 4.79 Å². The summed E-state index contributed by atoms with van der Waals surface area (Å²) < 4.78 is 11.7. The van der Waals surface area contributed by atoms with E-state index >= 15 is 0 Å². The molecule has 1 atom stereocenters. The van der Waals surface area contributed by atoms with E-state index in [4.69, 9.17) is 9.31 Å². The SMILES string of the molecule is CC#CC(=O)N1CCCC1c1cccc(B2OCC(C)(C)O2)c1. The number of hydrogen-bond donors (Lipinski definition) is 0. The summed E-state index contributed by atoms with van der Waals surface area (Å²) in [5.74, 6) is 5.27. The van der Waals surface area contributed by atoms with Gasteiger partial charge in [0.05, 0.1) is 18.2 Å². The third-order valence-corrected chi connectivity index (χ3v) is 4.32. The number of likely N-dealkylation sites (tertiary alicyclic amines) is 1. The first kappa shape index (κ1) is 16.1. The van der Waals surface area contributed by atoms with E-state index in [1.165, 1.54) is 0 Å². The highest BCUT2D eigenvalue weighted by atomic mass is 16.7. The van der Waals surface area contributed by atoms with Crippen molar-refractivity contribution in [1.82, 2.24) is 4.90 Å². The molecule has 0 aromatic heterocycles. The van der Waals surface area contributed by atoms with Gasteiger partial charge in [0.2, 0.25) is 0 Å². The van der Waals surface area contributed by atoms with Gasteiger partial charge in [0, 0.05) is 6.54 Å². The van der Waals surface area contributed by atoms with Gasteiger partial charge in [-0.3, -0.25) is 4.79 Å². The summed E-state index contributed by atoms with van der Waals surface area (Å²) in [6.07, 6.45) is 1.98. The van der Waals surface area contributed by atoms with E-state index in [0.29, 0.717) is 6.61 Å². The van der Waals surface area contributed by atoms with Crippen LogP contribution in [0.25, 0.3) is 0 Å². The smallest absolute Gasteiger partial charge is 0.404 e. The van der Waals surface area contributed by atoms with E-state index in [1.54, 1.807) is 6.92 Å². The van der Waals surface area contributed by atoms with Gasteiger partial charge in [-0.2, -0.15) is 0 Å². The van der Waals surface area contributed by atoms with Crippen LogP contribution in [0.5, 0.6) is 0 Å². The average molecular weight is 311 g/mol. The van der Waals surface area contributed by atoms with Gasteiger partial charge in [0.1, 0.15) is 0 Å². The summed E-state index contributed by atoms with van der Waals surface area (Å²) in [5, 5.41) is 0. The first-order valence-corrected chi connectivity index (χ1v) is 8.13. The molecule has 0 bridgehead atoms. The maximum Gasteiger partial charge on any atom is 0.494 e. The lowest BCUT2D eigenvalue weighted by molar-refractivity contribution is -0.126. The minimum Gasteiger partial charge on any atom is -0.404 e. The molecule has 0 saturated carbocycles. The Morgan fingerprint density at radius 2 is 2.26 bits per heavy atom. The van der Waals surface area contributed by atoms with Crippen molar-refractivity contribution in [3.8, 4) is 11.8 Å². The molecule has 120 valence electrons. The Labute approximate surface area is 138 Å². The Morgan fingerprint density at radius 3 is 2.96 bits per heavy atom. The second kappa shape index (κ2) is 6.39. The molecule has 3 rings (SSSR count). The lowest BCUT2D eigenvalue weighted by atomic mass is 9.78. The highest BCUT2D eigenvalue weighted by Gasteiger charge is 2.38. The molecular weight excluding hydrogens is 289 g/mol. The molecule has 2 fully saturated rings. The predicted molar refractivity (Wildman–Crippen MR) is 90.1 cm³/mol. The fourth-order valence-electron chi connectivity index (χ4n) is 3.25. The normalized spacial score (nSPS) is 22.8. The zero-order valence-electron chi connectivity index (χ0n) is 14.0. The van der Waals surface area contributed by atoms with E-state index in [2.05, 4.69) is 24.0 Å². The first-order valence-electron chi connectivity index (χ1n) is 8.13. The Kier molecular flexibility index (Phi) is 4.47. The standard InChI is InChI=1S/C18H22BNO3/c1-4-7-17(21)20-11-6-10-16(20)14-8-5-9-15(12-14)19-22-13-18(2,3)23-19/h5,8-9,12,16H,6,10-11,13H2,1-3H3. The Morgan fingerprint density at radius 1 is 1.43 bits per heavy atom. The lowest BCUT2D eigenvalue weighted by Crippen LogP contribution is -2.35. The number of hydrogen-bond acceptors (Lipinski definition) is 3. The quantitative estimate of drug-likeness (QED) is 0.618. The van der Waals surface area contributed by atoms with Gasteiger partial charge in [-0.25, -0.2) is 0 Å². The summed E-state index contributed by atoms with van der Waals surface area (Å²) in [6, 6.07) is 8.29. The minimum atomic E-state index is -0.328. The van der Waals surface area contributed by atoms with Crippen LogP contribution in [0.15, 0.2) is 24.3 Å². The van der Waals surface area contributed by atoms with Crippen molar-refractivity contribution in [2.24, 2.45) is 0 Å². The molecule has 2 heterocycles. The van der Waals surface area contributed by atoms with Gasteiger partial charge >= 0.3 is 7.12 Å². The fraction of sp³-hybridized carbons (Fsp3) is 0.500. The highest BCUT2D eigenvalue weighted by Crippen LogP contribution is 2.31. The van der Waals surface area contributed by atoms with Crippen molar-refractivity contribution in [3.63, 3.8) is 0 Å². The summed E-state index contributed by atoms with van der Waals surface area (Å²) in [4.78, 5) is 14.0. The largest absolute Gasteiger partial charge is 0.494 e. The molecule has 1 aromatic rings. The molecule has 2 aliphatic heterocycles. The van der Waals surface area contributed by atoms with Gasteiger partial charge in [0.25, 0.3) is 5.91 Å². The van der Waals surface area contributed by atoms with Gasteiger partial charge in [-0.1, -0.05) is 30.2 Å². The van der Waals surface area contributed by atoms with Crippen LogP contribution in [0.2, 0.25) is 0 Å². The van der Waals surface area contributed by atoms with Crippen LogP contribution >= 0.6 is 0 Å². The molecule has 1 aromatic carbocycles. The van der Waals surface area contributed by atoms with Crippen LogP contribution in [0.4, 0.5) is 0 Å². The number of rotatable bonds is 2. The van der Waals surface area contributed by atoms with Gasteiger partial charge < -0.3 is 14.2 Å². The highest BCUT2D eigenvalue weighted by molar-refractivity contribution is 6.61. The van der Waals surface area contributed by atoms with Gasteiger partial charge in [-0.15, -0.1) is 0 Å². The van der Waals surface area contributed by atoms with Crippen LogP contribution in [0, 0.1) is 11.8 Å². The van der Waals surface area contributed by atoms with Crippen LogP contribution in [0.3, 0.4) is 0 Å². The van der Waals surface area contributed by atoms with Crippen molar-refractivity contribution < 1.29 is 14.1 Å². The van der Waals surface area contributed by atoms with Crippen molar-refractivity contribution in [3.05, 3.63) is 29.8 Å². The van der Waals surface area contributed by atoms with Crippen LogP contribution < -0.4 is 5.46 Å². The minimum absolute atomic E-state index is 0.0881. The summed E-state index contributed by atoms with van der Waals surface area (Å²) in [6.45, 7) is 7.10. The van der Waals surface area contributed by atoms with Gasteiger partial charge in [-0.05, 0) is 50.6 Å². The third-order valence-electron chi connectivity index (χ3n) is 4.32. The Balaban J connectivity index is 1.82. The second-order valence-corrected chi connectivity index (χ2v) is 6.72. The van der Waals surface area contributed by atoms with E-state index in [-0.39, 0.29) is 24.7 Å². The second-order valence-electron chi connectivity index (χ2n) is 6.72. The van der Waals surface area contributed by atoms with E-state index < -0.39 is 0 Å². The topological polar surface area (TPSA) is 38.8 Å². The maximum absolute atomic E-state index is 12.2. The molecule has 1 unspecified atom stereocenters. The van der Waals surface area contributed by atoms with Crippen LogP contribution in [-0.2, 0) is 14.1 Å². The number of benzene rings is 1. The van der Waals surface area contributed by atoms with Crippen molar-refractivity contribution in [1.29, 1.82) is 0 Å². The van der Waals surface area contributed by atoms with E-state index in [1.807, 2.05) is 30.9 Å². The predicted octanol–water partition coefficient (Wildman–Crippen LogP) is 1.89. The molecule has 0 spiro atoms. The molecule has 4 nitrogen and oxygen atoms in total. The fourth-order valence-corrected chi connectivity index (χ4v) is 3.25. The molecule has 23 heavy (non-hydrogen) atoms. The molecule has 1 amide bonds. The molecule has 0 aliphatic carbocycles. The number of carbonyl (C=O) groups excluding carboxylic acids is 1. The van der Waals surface area contributed by atoms with Crippen LogP contribution in [-0.4, -0.2) is 36.7 Å². The Bertz CT molecular complexity index is 662. The summed E-state index contributed by atoms with van der Waals surface area (Å²) >= 11 is 0. The third kappa shape index (κ3) is 3.44. The number of nitrogens with zero attached hydrogens (tertiary/aromatic N) is 1.